The van der Waals surface area contributed by atoms with Crippen molar-refractivity contribution >= 4 is 17.4 Å². The maximum absolute atomic E-state index is 12.0. The number of nitrogens with one attached hydrogen (secondary N) is 2. The fourth-order valence-corrected chi connectivity index (χ4v) is 3.05. The van der Waals surface area contributed by atoms with Gasteiger partial charge in [0.15, 0.2) is 0 Å². The lowest BCUT2D eigenvalue weighted by Crippen LogP contribution is -2.40. The zero-order valence-corrected chi connectivity index (χ0v) is 14.5. The van der Waals surface area contributed by atoms with Crippen molar-refractivity contribution in [3.8, 4) is 5.75 Å². The number of para-hydroxylation sites is 1. The average Bonchev–Trinajstić information content (AvgIpc) is 3.07. The monoisotopic (exact) mass is 333 g/mol. The minimum atomic E-state index is -0.182. The second-order valence-corrected chi connectivity index (χ2v) is 6.19. The summed E-state index contributed by atoms with van der Waals surface area (Å²) in [6.07, 6.45) is 0. The molecule has 2 rings (SSSR count). The number of ether oxygens (including phenoxy) is 1. The molecule has 2 aromatic rings. The lowest BCUT2D eigenvalue weighted by Gasteiger charge is -2.24. The van der Waals surface area contributed by atoms with Crippen molar-refractivity contribution in [1.82, 2.24) is 15.5 Å². The summed E-state index contributed by atoms with van der Waals surface area (Å²) < 4.78 is 5.28. The number of hydrogen-bond acceptors (Lipinski definition) is 4. The van der Waals surface area contributed by atoms with Crippen molar-refractivity contribution in [3.05, 3.63) is 52.2 Å². The predicted octanol–water partition coefficient (Wildman–Crippen LogP) is 2.86. The summed E-state index contributed by atoms with van der Waals surface area (Å²) in [6.45, 7) is 0.989. The van der Waals surface area contributed by atoms with E-state index in [0.29, 0.717) is 13.1 Å². The van der Waals surface area contributed by atoms with Gasteiger partial charge in [0.1, 0.15) is 5.75 Å². The van der Waals surface area contributed by atoms with Crippen molar-refractivity contribution in [3.63, 3.8) is 0 Å². The van der Waals surface area contributed by atoms with E-state index in [1.807, 2.05) is 43.7 Å². The van der Waals surface area contributed by atoms with Gasteiger partial charge in [0.05, 0.1) is 13.2 Å². The number of benzene rings is 1. The Morgan fingerprint density at radius 3 is 2.70 bits per heavy atom. The molecule has 0 fully saturated rings. The lowest BCUT2D eigenvalue weighted by atomic mass is 10.1. The normalized spacial score (nSPS) is 12.0. The van der Waals surface area contributed by atoms with E-state index in [9.17, 15) is 4.79 Å². The van der Waals surface area contributed by atoms with E-state index in [1.54, 1.807) is 18.4 Å². The zero-order valence-electron chi connectivity index (χ0n) is 13.7. The molecule has 1 aromatic heterocycles. The van der Waals surface area contributed by atoms with Gasteiger partial charge in [-0.1, -0.05) is 18.2 Å². The molecule has 2 amide bonds. The van der Waals surface area contributed by atoms with Gasteiger partial charge in [-0.05, 0) is 42.6 Å². The Labute approximate surface area is 141 Å². The first-order chi connectivity index (χ1) is 11.1. The van der Waals surface area contributed by atoms with Gasteiger partial charge in [-0.2, -0.15) is 11.3 Å². The maximum Gasteiger partial charge on any atom is 0.315 e. The molecule has 0 saturated heterocycles. The van der Waals surface area contributed by atoms with Crippen LogP contribution in [-0.2, 0) is 6.54 Å². The van der Waals surface area contributed by atoms with Crippen LogP contribution in [0.1, 0.15) is 17.2 Å². The second-order valence-electron chi connectivity index (χ2n) is 5.41. The van der Waals surface area contributed by atoms with Crippen LogP contribution < -0.4 is 15.4 Å². The SMILES string of the molecule is COc1ccccc1CNC(=O)NCC(c1ccsc1)N(C)C. The largest absolute Gasteiger partial charge is 0.496 e. The highest BCUT2D eigenvalue weighted by Gasteiger charge is 2.15. The Hall–Kier alpha value is -2.05. The third kappa shape index (κ3) is 4.97. The number of urea groups is 1. The first-order valence-corrected chi connectivity index (χ1v) is 8.38. The molecule has 0 bridgehead atoms. The summed E-state index contributed by atoms with van der Waals surface area (Å²) in [5, 5.41) is 9.96. The number of methoxy groups -OCH3 is 1. The Morgan fingerprint density at radius 2 is 2.04 bits per heavy atom. The van der Waals surface area contributed by atoms with Gasteiger partial charge >= 0.3 is 6.03 Å². The molecule has 1 atom stereocenters. The predicted molar refractivity (Wildman–Crippen MR) is 94.0 cm³/mol. The Balaban J connectivity index is 1.85. The van der Waals surface area contributed by atoms with Crippen LogP contribution in [0.15, 0.2) is 41.1 Å². The first kappa shape index (κ1) is 17.3. The highest BCUT2D eigenvalue weighted by Crippen LogP contribution is 2.20. The average molecular weight is 333 g/mol. The molecule has 0 aliphatic heterocycles. The highest BCUT2D eigenvalue weighted by atomic mass is 32.1. The van der Waals surface area contributed by atoms with Gasteiger partial charge < -0.3 is 20.3 Å². The summed E-state index contributed by atoms with van der Waals surface area (Å²) in [7, 11) is 5.65. The number of rotatable bonds is 7. The third-order valence-electron chi connectivity index (χ3n) is 3.64. The van der Waals surface area contributed by atoms with Gasteiger partial charge in [-0.25, -0.2) is 4.79 Å². The number of thiophene rings is 1. The molecule has 0 radical (unpaired) electrons. The van der Waals surface area contributed by atoms with Gasteiger partial charge in [0.2, 0.25) is 0 Å². The van der Waals surface area contributed by atoms with Crippen LogP contribution in [0.2, 0.25) is 0 Å². The Bertz CT molecular complexity index is 614. The van der Waals surface area contributed by atoms with Crippen molar-refractivity contribution in [2.24, 2.45) is 0 Å². The smallest absolute Gasteiger partial charge is 0.315 e. The molecule has 0 aliphatic carbocycles. The fraction of sp³-hybridized carbons (Fsp3) is 0.353. The molecule has 0 spiro atoms. The quantitative estimate of drug-likeness (QED) is 0.819. The van der Waals surface area contributed by atoms with Crippen LogP contribution in [0.5, 0.6) is 5.75 Å². The van der Waals surface area contributed by atoms with E-state index in [0.717, 1.165) is 11.3 Å². The van der Waals surface area contributed by atoms with Gasteiger partial charge in [-0.3, -0.25) is 0 Å². The van der Waals surface area contributed by atoms with Crippen molar-refractivity contribution in [2.75, 3.05) is 27.7 Å². The van der Waals surface area contributed by atoms with E-state index in [4.69, 9.17) is 4.74 Å². The van der Waals surface area contributed by atoms with Gasteiger partial charge in [-0.15, -0.1) is 0 Å². The number of nitrogens with zero attached hydrogens (tertiary/aromatic N) is 1. The molecule has 1 aromatic carbocycles. The molecule has 0 saturated carbocycles. The number of likely N-dealkylation sites (N-methyl/N-ethyl adjacent to an activating group) is 1. The summed E-state index contributed by atoms with van der Waals surface area (Å²) in [5.41, 5.74) is 2.16. The summed E-state index contributed by atoms with van der Waals surface area (Å²) >= 11 is 1.66. The van der Waals surface area contributed by atoms with Crippen molar-refractivity contribution < 1.29 is 9.53 Å². The fourth-order valence-electron chi connectivity index (χ4n) is 2.34. The van der Waals surface area contributed by atoms with E-state index < -0.39 is 0 Å². The van der Waals surface area contributed by atoms with Crippen molar-refractivity contribution in [2.45, 2.75) is 12.6 Å². The van der Waals surface area contributed by atoms with Crippen LogP contribution in [0.4, 0.5) is 4.79 Å². The van der Waals surface area contributed by atoms with Crippen LogP contribution in [0.3, 0.4) is 0 Å². The molecule has 23 heavy (non-hydrogen) atoms. The van der Waals surface area contributed by atoms with Crippen LogP contribution >= 0.6 is 11.3 Å². The third-order valence-corrected chi connectivity index (χ3v) is 4.34. The minimum absolute atomic E-state index is 0.165. The molecular weight excluding hydrogens is 310 g/mol. The zero-order chi connectivity index (χ0) is 16.7. The molecule has 0 aliphatic rings. The second kappa shape index (κ2) is 8.55. The van der Waals surface area contributed by atoms with Crippen LogP contribution in [-0.4, -0.2) is 38.7 Å². The number of amides is 2. The standard InChI is InChI=1S/C17H23N3O2S/c1-20(2)15(14-8-9-23-12-14)11-19-17(21)18-10-13-6-4-5-7-16(13)22-3/h4-9,12,15H,10-11H2,1-3H3,(H2,18,19,21). The number of hydrogen-bond donors (Lipinski definition) is 2. The number of carbonyl (C=O) groups excluding carboxylic acids is 1. The Kier molecular flexibility index (Phi) is 6.43. The highest BCUT2D eigenvalue weighted by molar-refractivity contribution is 7.07. The first-order valence-electron chi connectivity index (χ1n) is 7.44. The molecular formula is C17H23N3O2S. The molecule has 1 unspecified atom stereocenters. The molecule has 1 heterocycles. The van der Waals surface area contributed by atoms with Crippen LogP contribution in [0, 0.1) is 0 Å². The van der Waals surface area contributed by atoms with E-state index in [-0.39, 0.29) is 12.1 Å². The summed E-state index contributed by atoms with van der Waals surface area (Å²) in [4.78, 5) is 14.1. The van der Waals surface area contributed by atoms with E-state index in [1.165, 1.54) is 5.56 Å². The van der Waals surface area contributed by atoms with Crippen molar-refractivity contribution in [1.29, 1.82) is 0 Å². The molecule has 5 nitrogen and oxygen atoms in total. The van der Waals surface area contributed by atoms with E-state index in [2.05, 4.69) is 27.0 Å². The summed E-state index contributed by atoms with van der Waals surface area (Å²) in [6, 6.07) is 9.72. The maximum atomic E-state index is 12.0. The molecule has 124 valence electrons. The van der Waals surface area contributed by atoms with E-state index >= 15 is 0 Å². The lowest BCUT2D eigenvalue weighted by molar-refractivity contribution is 0.232. The molecule has 6 heteroatoms. The topological polar surface area (TPSA) is 53.6 Å². The minimum Gasteiger partial charge on any atom is -0.496 e. The number of carbonyl (C=O) groups is 1. The van der Waals surface area contributed by atoms with Gasteiger partial charge in [0, 0.05) is 18.7 Å². The van der Waals surface area contributed by atoms with Crippen LogP contribution in [0.25, 0.3) is 0 Å². The van der Waals surface area contributed by atoms with Gasteiger partial charge in [0.25, 0.3) is 0 Å². The Morgan fingerprint density at radius 1 is 1.26 bits per heavy atom. The molecule has 2 N–H and O–H groups in total. The summed E-state index contributed by atoms with van der Waals surface area (Å²) in [5.74, 6) is 0.775.